The molecule has 1 aromatic heterocycles. The summed E-state index contributed by atoms with van der Waals surface area (Å²) in [6.45, 7) is 13.4. The quantitative estimate of drug-likeness (QED) is 0.200. The van der Waals surface area contributed by atoms with E-state index in [9.17, 15) is 13.2 Å². The zero-order chi connectivity index (χ0) is 34.8. The maximum Gasteiger partial charge on any atom is 0.416 e. The van der Waals surface area contributed by atoms with Crippen LogP contribution in [0.5, 0.6) is 23.1 Å². The van der Waals surface area contributed by atoms with Crippen LogP contribution < -0.4 is 24.4 Å². The van der Waals surface area contributed by atoms with Crippen LogP contribution in [0.2, 0.25) is 0 Å². The molecule has 232 valence electrons. The number of aromatic nitrogens is 1. The molecule has 0 amide bonds. The van der Waals surface area contributed by atoms with Crippen LogP contribution in [0.25, 0.3) is 10.9 Å². The molecule has 1 atom stereocenters. The number of benzene rings is 2. The molecule has 0 bridgehead atoms. The third kappa shape index (κ3) is 6.88. The van der Waals surface area contributed by atoms with Gasteiger partial charge >= 0.3 is 6.18 Å². The summed E-state index contributed by atoms with van der Waals surface area (Å²) in [6.07, 6.45) is -3.15. The molecule has 0 saturated heterocycles. The minimum absolute atomic E-state index is 0.0665. The predicted octanol–water partition coefficient (Wildman–Crippen LogP) is 8.63. The summed E-state index contributed by atoms with van der Waals surface area (Å²) < 4.78 is 91.3. The number of pyridine rings is 1. The molecule has 3 aromatic rings. The Morgan fingerprint density at radius 2 is 1.86 bits per heavy atom. The van der Waals surface area contributed by atoms with Crippen molar-refractivity contribution in [2.45, 2.75) is 91.9 Å². The first-order valence-corrected chi connectivity index (χ1v) is 14.3. The Balaban J connectivity index is 2.52. The molecule has 9 heteroatoms. The van der Waals surface area contributed by atoms with Gasteiger partial charge in [0.15, 0.2) is 11.5 Å². The number of nitrogens with one attached hydrogen (secondary N) is 1. The van der Waals surface area contributed by atoms with E-state index in [4.69, 9.17) is 24.7 Å². The first-order chi connectivity index (χ1) is 21.2. The van der Waals surface area contributed by atoms with Crippen molar-refractivity contribution in [3.8, 4) is 23.1 Å². The van der Waals surface area contributed by atoms with Gasteiger partial charge in [-0.15, -0.1) is 0 Å². The van der Waals surface area contributed by atoms with Crippen LogP contribution in [0.15, 0.2) is 24.3 Å². The lowest BCUT2D eigenvalue weighted by Crippen LogP contribution is -2.44. The van der Waals surface area contributed by atoms with E-state index in [1.54, 1.807) is 27.7 Å². The SMILES string of the molecule is [2H]C([2H])([2H])Oc1cc(N(C)C(C)(CC)CCCNC)c2nc(OC([2H])(C)C)c(C)c(CC)c2c1Oc1cc(C(F)(F)F)ccc1C. The van der Waals surface area contributed by atoms with Crippen molar-refractivity contribution < 1.29 is 32.9 Å². The number of aryl methyl sites for hydroxylation is 2. The second-order valence-corrected chi connectivity index (χ2v) is 11.1. The van der Waals surface area contributed by atoms with E-state index in [2.05, 4.69) is 19.2 Å². The zero-order valence-electron chi connectivity index (χ0n) is 30.1. The normalized spacial score (nSPS) is 15.3. The molecule has 0 aliphatic rings. The van der Waals surface area contributed by atoms with Crippen molar-refractivity contribution in [3.63, 3.8) is 0 Å². The van der Waals surface area contributed by atoms with Crippen LogP contribution in [0.1, 0.15) is 81.6 Å². The fourth-order valence-electron chi connectivity index (χ4n) is 5.19. The maximum atomic E-state index is 13.7. The van der Waals surface area contributed by atoms with Gasteiger partial charge < -0.3 is 24.4 Å². The summed E-state index contributed by atoms with van der Waals surface area (Å²) in [5.41, 5.74) is 1.26. The predicted molar refractivity (Wildman–Crippen MR) is 165 cm³/mol. The molecular formula is C33H46F3N3O3. The number of hydrogen-bond donors (Lipinski definition) is 1. The third-order valence-electron chi connectivity index (χ3n) is 8.05. The van der Waals surface area contributed by atoms with Gasteiger partial charge in [-0.3, -0.25) is 0 Å². The van der Waals surface area contributed by atoms with Gasteiger partial charge in [0.25, 0.3) is 0 Å². The fourth-order valence-corrected chi connectivity index (χ4v) is 5.19. The van der Waals surface area contributed by atoms with Gasteiger partial charge in [0.2, 0.25) is 5.88 Å². The molecule has 0 spiro atoms. The molecule has 0 saturated carbocycles. The highest BCUT2D eigenvalue weighted by atomic mass is 19.4. The van der Waals surface area contributed by atoms with Crippen LogP contribution in [-0.4, -0.2) is 44.3 Å². The van der Waals surface area contributed by atoms with Gasteiger partial charge in [0.05, 0.1) is 35.2 Å². The minimum atomic E-state index is -4.63. The number of fused-ring (bicyclic) bond motifs is 1. The van der Waals surface area contributed by atoms with Gasteiger partial charge in [-0.05, 0) is 97.2 Å². The topological polar surface area (TPSA) is 55.9 Å². The Morgan fingerprint density at radius 3 is 2.43 bits per heavy atom. The molecule has 3 rings (SSSR count). The second kappa shape index (κ2) is 13.4. The molecule has 0 radical (unpaired) electrons. The molecule has 42 heavy (non-hydrogen) atoms. The first kappa shape index (κ1) is 27.6. The number of halogens is 3. The summed E-state index contributed by atoms with van der Waals surface area (Å²) >= 11 is 0. The lowest BCUT2D eigenvalue weighted by Gasteiger charge is -2.41. The van der Waals surface area contributed by atoms with E-state index in [1.807, 2.05) is 25.9 Å². The smallest absolute Gasteiger partial charge is 0.416 e. The Kier molecular flexibility index (Phi) is 8.81. The third-order valence-corrected chi connectivity index (χ3v) is 8.05. The van der Waals surface area contributed by atoms with E-state index >= 15 is 0 Å². The van der Waals surface area contributed by atoms with Crippen molar-refractivity contribution in [1.82, 2.24) is 10.3 Å². The molecule has 6 nitrogen and oxygen atoms in total. The molecular weight excluding hydrogens is 543 g/mol. The average molecular weight is 594 g/mol. The molecule has 2 aromatic carbocycles. The zero-order valence-corrected chi connectivity index (χ0v) is 26.1. The van der Waals surface area contributed by atoms with Crippen LogP contribution >= 0.6 is 0 Å². The van der Waals surface area contributed by atoms with E-state index in [0.29, 0.717) is 39.7 Å². The Labute approximate surface area is 254 Å². The number of methoxy groups -OCH3 is 1. The van der Waals surface area contributed by atoms with Crippen molar-refractivity contribution in [2.24, 2.45) is 0 Å². The van der Waals surface area contributed by atoms with Crippen LogP contribution in [-0.2, 0) is 12.6 Å². The number of rotatable bonds is 13. The van der Waals surface area contributed by atoms with Crippen molar-refractivity contribution in [3.05, 3.63) is 46.5 Å². The highest BCUT2D eigenvalue weighted by Crippen LogP contribution is 2.49. The van der Waals surface area contributed by atoms with Crippen molar-refractivity contribution in [1.29, 1.82) is 0 Å². The molecule has 1 N–H and O–H groups in total. The summed E-state index contributed by atoms with van der Waals surface area (Å²) in [5.74, 6) is -0.114. The highest BCUT2D eigenvalue weighted by molar-refractivity contribution is 6.01. The van der Waals surface area contributed by atoms with Crippen molar-refractivity contribution in [2.75, 3.05) is 32.6 Å². The minimum Gasteiger partial charge on any atom is -0.493 e. The monoisotopic (exact) mass is 593 g/mol. The Morgan fingerprint density at radius 1 is 1.14 bits per heavy atom. The van der Waals surface area contributed by atoms with Gasteiger partial charge in [-0.1, -0.05) is 19.9 Å². The summed E-state index contributed by atoms with van der Waals surface area (Å²) in [7, 11) is 0.881. The van der Waals surface area contributed by atoms with Gasteiger partial charge in [0.1, 0.15) is 11.3 Å². The lowest BCUT2D eigenvalue weighted by atomic mass is 9.89. The van der Waals surface area contributed by atoms with E-state index in [-0.39, 0.29) is 23.1 Å². The standard InChI is InChI=1S/C33H46F3N3O3/c1-11-24-22(6)31(41-20(3)4)38-29-25(39(9)32(7,12-2)16-13-17-37-8)19-27(40-10)30(28(24)29)42-26-18-23(33(34,35)36)15-14-21(26)5/h14-15,18-20,37H,11-13,16-17H2,1-10H3/i10D3,20D. The average Bonchev–Trinajstić information content (AvgIpc) is 2.93. The summed E-state index contributed by atoms with van der Waals surface area (Å²) in [4.78, 5) is 6.94. The molecule has 1 heterocycles. The molecule has 0 aliphatic heterocycles. The van der Waals surface area contributed by atoms with Crippen LogP contribution in [0.4, 0.5) is 18.9 Å². The highest BCUT2D eigenvalue weighted by Gasteiger charge is 2.33. The number of nitrogens with zero attached hydrogens (tertiary/aromatic N) is 2. The van der Waals surface area contributed by atoms with Crippen molar-refractivity contribution >= 4 is 16.6 Å². The van der Waals surface area contributed by atoms with Gasteiger partial charge in [0, 0.05) is 24.2 Å². The Bertz CT molecular complexity index is 1540. The molecule has 0 aliphatic carbocycles. The van der Waals surface area contributed by atoms with Crippen LogP contribution in [0, 0.1) is 13.8 Å². The fraction of sp³-hybridized carbons (Fsp3) is 0.545. The first-order valence-electron chi connectivity index (χ1n) is 16.3. The number of anilines is 1. The number of hydrogen-bond acceptors (Lipinski definition) is 6. The van der Waals surface area contributed by atoms with Gasteiger partial charge in [-0.25, -0.2) is 4.98 Å². The number of alkyl halides is 3. The maximum absolute atomic E-state index is 13.7. The number of ether oxygens (including phenoxy) is 3. The van der Waals surface area contributed by atoms with E-state index in [1.165, 1.54) is 12.1 Å². The Hall–Kier alpha value is -3.20. The van der Waals surface area contributed by atoms with Gasteiger partial charge in [-0.2, -0.15) is 13.2 Å². The molecule has 1 unspecified atom stereocenters. The largest absolute Gasteiger partial charge is 0.493 e. The van der Waals surface area contributed by atoms with E-state index in [0.717, 1.165) is 37.9 Å². The lowest BCUT2D eigenvalue weighted by molar-refractivity contribution is -0.137. The van der Waals surface area contributed by atoms with E-state index < -0.39 is 30.4 Å². The summed E-state index contributed by atoms with van der Waals surface area (Å²) in [6, 6.07) is 4.68. The summed E-state index contributed by atoms with van der Waals surface area (Å²) in [5, 5.41) is 3.56. The molecule has 0 fully saturated rings. The van der Waals surface area contributed by atoms with Crippen LogP contribution in [0.3, 0.4) is 0 Å². The second-order valence-electron chi connectivity index (χ2n) is 11.1.